The van der Waals surface area contributed by atoms with Crippen LogP contribution in [-0.4, -0.2) is 48.6 Å². The van der Waals surface area contributed by atoms with E-state index in [9.17, 15) is 4.79 Å². The summed E-state index contributed by atoms with van der Waals surface area (Å²) in [5.41, 5.74) is 5.33. The highest BCUT2D eigenvalue weighted by molar-refractivity contribution is 7.59. The van der Waals surface area contributed by atoms with Crippen LogP contribution in [0.15, 0.2) is 0 Å². The maximum atomic E-state index is 10.9. The Hall–Kier alpha value is 0.250. The van der Waals surface area contributed by atoms with Gasteiger partial charge in [-0.15, -0.1) is 0 Å². The first kappa shape index (κ1) is 12.3. The van der Waals surface area contributed by atoms with Crippen LogP contribution < -0.4 is 5.73 Å². The predicted octanol–water partition coefficient (Wildman–Crippen LogP) is 1.28. The van der Waals surface area contributed by atoms with E-state index >= 15 is 0 Å². The molecule has 0 aromatic rings. The van der Waals surface area contributed by atoms with Gasteiger partial charge in [0.2, 0.25) is 0 Å². The Morgan fingerprint density at radius 1 is 1.71 bits per heavy atom. The molecule has 6 heteroatoms. The van der Waals surface area contributed by atoms with Crippen molar-refractivity contribution in [2.24, 2.45) is 5.73 Å². The van der Waals surface area contributed by atoms with E-state index in [1.165, 1.54) is 0 Å². The summed E-state index contributed by atoms with van der Waals surface area (Å²) in [7, 11) is -0.949. The van der Waals surface area contributed by atoms with Crippen LogP contribution in [0.3, 0.4) is 0 Å². The fraction of sp³-hybridized carbons (Fsp3) is 0.875. The van der Waals surface area contributed by atoms with Crippen molar-refractivity contribution in [1.29, 1.82) is 0 Å². The van der Waals surface area contributed by atoms with Crippen LogP contribution in [0.25, 0.3) is 0 Å². The molecule has 1 heterocycles. The van der Waals surface area contributed by atoms with Gasteiger partial charge in [-0.25, -0.2) is 0 Å². The van der Waals surface area contributed by atoms with Crippen molar-refractivity contribution in [1.82, 2.24) is 0 Å². The van der Waals surface area contributed by atoms with Crippen LogP contribution >= 0.6 is 16.1 Å². The van der Waals surface area contributed by atoms with E-state index in [0.717, 1.165) is 6.16 Å². The van der Waals surface area contributed by atoms with E-state index in [2.05, 4.69) is 0 Å². The number of carboxylic acids is 1. The van der Waals surface area contributed by atoms with E-state index in [1.807, 2.05) is 13.3 Å². The SMILES string of the molecule is CP(C)OC1CC(C(=O)O)P(CN)C1. The molecule has 3 atom stereocenters. The Kier molecular flexibility index (Phi) is 4.72. The molecule has 0 aliphatic carbocycles. The third kappa shape index (κ3) is 3.13. The maximum absolute atomic E-state index is 10.9. The molecular weight excluding hydrogens is 220 g/mol. The molecule has 1 aliphatic heterocycles. The molecule has 1 saturated heterocycles. The Balaban J connectivity index is 2.52. The average Bonchev–Trinajstić information content (AvgIpc) is 2.46. The van der Waals surface area contributed by atoms with Crippen LogP contribution in [-0.2, 0) is 9.32 Å². The van der Waals surface area contributed by atoms with Gasteiger partial charge in [0.05, 0.1) is 11.8 Å². The highest BCUT2D eigenvalue weighted by atomic mass is 31.1. The van der Waals surface area contributed by atoms with Crippen LogP contribution in [0.1, 0.15) is 6.42 Å². The summed E-state index contributed by atoms with van der Waals surface area (Å²) in [6.45, 7) is 4.07. The monoisotopic (exact) mass is 237 g/mol. The molecule has 82 valence electrons. The summed E-state index contributed by atoms with van der Waals surface area (Å²) in [5, 5.41) is 8.98. The molecule has 0 saturated carbocycles. The first-order valence-electron chi connectivity index (χ1n) is 4.55. The van der Waals surface area contributed by atoms with Crippen LogP contribution in [0.5, 0.6) is 0 Å². The zero-order valence-corrected chi connectivity index (χ0v) is 10.3. The average molecular weight is 237 g/mol. The van der Waals surface area contributed by atoms with E-state index in [4.69, 9.17) is 15.4 Å². The van der Waals surface area contributed by atoms with Gasteiger partial charge in [0.15, 0.2) is 0 Å². The van der Waals surface area contributed by atoms with Crippen molar-refractivity contribution in [2.45, 2.75) is 18.2 Å². The second kappa shape index (κ2) is 5.37. The minimum absolute atomic E-state index is 0.131. The normalized spacial score (nSPS) is 32.4. The van der Waals surface area contributed by atoms with Crippen molar-refractivity contribution < 1.29 is 14.4 Å². The summed E-state index contributed by atoms with van der Waals surface area (Å²) >= 11 is 0. The molecule has 1 fully saturated rings. The minimum Gasteiger partial charge on any atom is -0.481 e. The first-order valence-corrected chi connectivity index (χ1v) is 8.49. The van der Waals surface area contributed by atoms with E-state index in [-0.39, 0.29) is 11.8 Å². The van der Waals surface area contributed by atoms with Gasteiger partial charge in [0.25, 0.3) is 0 Å². The molecule has 0 spiro atoms. The summed E-state index contributed by atoms with van der Waals surface area (Å²) < 4.78 is 5.69. The standard InChI is InChI=1S/C8H17NO3P2/c1-13(2)12-6-3-7(8(10)11)14(4-6)5-9/h6-7H,3-5,9H2,1-2H3,(H,10,11). The smallest absolute Gasteiger partial charge is 0.311 e. The second-order valence-electron chi connectivity index (χ2n) is 3.58. The highest BCUT2D eigenvalue weighted by Gasteiger charge is 2.38. The lowest BCUT2D eigenvalue weighted by Gasteiger charge is -2.14. The number of aliphatic carboxylic acids is 1. The van der Waals surface area contributed by atoms with E-state index in [0.29, 0.717) is 12.7 Å². The minimum atomic E-state index is -0.704. The molecule has 14 heavy (non-hydrogen) atoms. The summed E-state index contributed by atoms with van der Waals surface area (Å²) in [6.07, 6.45) is 2.16. The van der Waals surface area contributed by atoms with E-state index < -0.39 is 22.0 Å². The molecular formula is C8H17NO3P2. The van der Waals surface area contributed by atoms with Gasteiger partial charge >= 0.3 is 5.97 Å². The number of hydrogen-bond donors (Lipinski definition) is 2. The molecule has 3 N–H and O–H groups in total. The number of hydrogen-bond acceptors (Lipinski definition) is 3. The molecule has 0 bridgehead atoms. The molecule has 1 rings (SSSR count). The zero-order chi connectivity index (χ0) is 10.7. The van der Waals surface area contributed by atoms with Gasteiger partial charge in [0, 0.05) is 14.4 Å². The van der Waals surface area contributed by atoms with Crippen molar-refractivity contribution in [3.8, 4) is 0 Å². The van der Waals surface area contributed by atoms with Crippen molar-refractivity contribution >= 4 is 22.0 Å². The first-order chi connectivity index (χ1) is 6.54. The highest BCUT2D eigenvalue weighted by Crippen LogP contribution is 2.51. The van der Waals surface area contributed by atoms with Gasteiger partial charge in [-0.3, -0.25) is 4.79 Å². The van der Waals surface area contributed by atoms with Crippen molar-refractivity contribution in [3.63, 3.8) is 0 Å². The van der Waals surface area contributed by atoms with Crippen molar-refractivity contribution in [3.05, 3.63) is 0 Å². The van der Waals surface area contributed by atoms with Crippen molar-refractivity contribution in [2.75, 3.05) is 25.8 Å². The summed E-state index contributed by atoms with van der Waals surface area (Å²) in [6, 6.07) is 0. The van der Waals surface area contributed by atoms with E-state index in [1.54, 1.807) is 0 Å². The number of carbonyl (C=O) groups is 1. The molecule has 0 amide bonds. The fourth-order valence-corrected chi connectivity index (χ4v) is 4.82. The number of carboxylic acid groups (broad SMARTS) is 1. The molecule has 3 unspecified atom stereocenters. The van der Waals surface area contributed by atoms with Gasteiger partial charge in [-0.05, 0) is 25.9 Å². The third-order valence-electron chi connectivity index (χ3n) is 2.24. The zero-order valence-electron chi connectivity index (χ0n) is 8.51. The van der Waals surface area contributed by atoms with Gasteiger partial charge in [-0.2, -0.15) is 0 Å². The quantitative estimate of drug-likeness (QED) is 0.722. The Labute approximate surface area is 86.8 Å². The van der Waals surface area contributed by atoms with Gasteiger partial charge < -0.3 is 15.4 Å². The summed E-state index contributed by atoms with van der Waals surface area (Å²) in [5.74, 6) is -0.704. The molecule has 0 aromatic heterocycles. The van der Waals surface area contributed by atoms with Gasteiger partial charge in [-0.1, -0.05) is 7.92 Å². The number of rotatable bonds is 4. The van der Waals surface area contributed by atoms with Crippen LogP contribution in [0.2, 0.25) is 0 Å². The Morgan fingerprint density at radius 3 is 2.71 bits per heavy atom. The second-order valence-corrected chi connectivity index (χ2v) is 7.95. The van der Waals surface area contributed by atoms with Crippen LogP contribution in [0.4, 0.5) is 0 Å². The molecule has 0 radical (unpaired) electrons. The largest absolute Gasteiger partial charge is 0.481 e. The Morgan fingerprint density at radius 2 is 2.36 bits per heavy atom. The predicted molar refractivity (Wildman–Crippen MR) is 60.5 cm³/mol. The Bertz CT molecular complexity index is 213. The van der Waals surface area contributed by atoms with Crippen LogP contribution in [0, 0.1) is 0 Å². The summed E-state index contributed by atoms with van der Waals surface area (Å²) in [4.78, 5) is 10.9. The topological polar surface area (TPSA) is 72.5 Å². The lowest BCUT2D eigenvalue weighted by Crippen LogP contribution is -2.18. The number of nitrogens with two attached hydrogens (primary N) is 1. The molecule has 4 nitrogen and oxygen atoms in total. The molecule has 0 aromatic carbocycles. The maximum Gasteiger partial charge on any atom is 0.311 e. The lowest BCUT2D eigenvalue weighted by molar-refractivity contribution is -0.136. The van der Waals surface area contributed by atoms with Gasteiger partial charge in [0.1, 0.15) is 0 Å². The lowest BCUT2D eigenvalue weighted by atomic mass is 10.2. The third-order valence-corrected chi connectivity index (χ3v) is 5.62. The molecule has 1 aliphatic rings. The fourth-order valence-electron chi connectivity index (χ4n) is 1.69.